The number of nitrogens with one attached hydrogen (secondary N) is 1. The maximum absolute atomic E-state index is 15.3. The second-order valence-electron chi connectivity index (χ2n) is 8.74. The van der Waals surface area contributed by atoms with Crippen LogP contribution >= 0.6 is 0 Å². The van der Waals surface area contributed by atoms with Gasteiger partial charge < -0.3 is 19.5 Å². The quantitative estimate of drug-likeness (QED) is 0.374. The number of ether oxygens (including phenoxy) is 1. The molecule has 8 nitrogen and oxygen atoms in total. The Bertz CT molecular complexity index is 1590. The Labute approximate surface area is 211 Å². The molecule has 1 aliphatic heterocycles. The lowest BCUT2D eigenvalue weighted by Crippen LogP contribution is -2.53. The van der Waals surface area contributed by atoms with Gasteiger partial charge in [-0.15, -0.1) is 5.10 Å². The number of halogens is 6. The van der Waals surface area contributed by atoms with Gasteiger partial charge in [0.2, 0.25) is 11.8 Å². The lowest BCUT2D eigenvalue weighted by Gasteiger charge is -2.36. The molecule has 5 rings (SSSR count). The van der Waals surface area contributed by atoms with Crippen LogP contribution in [0.2, 0.25) is 0 Å². The monoisotopic (exact) mass is 530 g/mol. The maximum Gasteiger partial charge on any atom is 0.280 e. The van der Waals surface area contributed by atoms with E-state index in [1.54, 1.807) is 0 Å². The first kappa shape index (κ1) is 21.5. The molecule has 0 amide bonds. The predicted molar refractivity (Wildman–Crippen MR) is 123 cm³/mol. The van der Waals surface area contributed by atoms with Gasteiger partial charge in [-0.05, 0) is 38.0 Å². The summed E-state index contributed by atoms with van der Waals surface area (Å²) in [5.41, 5.74) is -0.444. The zero-order valence-corrected chi connectivity index (χ0v) is 19.6. The van der Waals surface area contributed by atoms with E-state index in [1.165, 1.54) is 20.1 Å². The maximum atomic E-state index is 15.3. The van der Waals surface area contributed by atoms with Crippen molar-refractivity contribution in [2.75, 3.05) is 32.5 Å². The molecule has 3 aromatic heterocycles. The zero-order valence-electron chi connectivity index (χ0n) is 22.6. The minimum Gasteiger partial charge on any atom is -0.479 e. The molecule has 0 bridgehead atoms. The molecular weight excluding hydrogens is 504 g/mol. The number of aryl methyl sites for hydroxylation is 1. The average molecular weight is 530 g/mol. The van der Waals surface area contributed by atoms with Gasteiger partial charge in [0.1, 0.15) is 16.9 Å². The highest BCUT2D eigenvalue weighted by Crippen LogP contribution is 2.37. The van der Waals surface area contributed by atoms with Gasteiger partial charge in [0.25, 0.3) is 12.3 Å². The van der Waals surface area contributed by atoms with Gasteiger partial charge in [-0.25, -0.2) is 35.8 Å². The van der Waals surface area contributed by atoms with Gasteiger partial charge in [0, 0.05) is 10.7 Å². The molecule has 198 valence electrons. The van der Waals surface area contributed by atoms with Crippen molar-refractivity contribution in [3.05, 3.63) is 35.8 Å². The highest BCUT2D eigenvalue weighted by molar-refractivity contribution is 5.90. The normalized spacial score (nSPS) is 19.8. The number of hydrogen-bond donors (Lipinski definition) is 1. The van der Waals surface area contributed by atoms with E-state index in [4.69, 9.17) is 8.85 Å². The Morgan fingerprint density at radius 3 is 2.70 bits per heavy atom. The Morgan fingerprint density at radius 1 is 1.24 bits per heavy atom. The van der Waals surface area contributed by atoms with E-state index in [1.807, 2.05) is 0 Å². The molecule has 0 saturated carbocycles. The number of hydrogen-bond acceptors (Lipinski definition) is 6. The fourth-order valence-electron chi connectivity index (χ4n) is 4.58. The summed E-state index contributed by atoms with van der Waals surface area (Å²) in [6, 6.07) is 0.775. The summed E-state index contributed by atoms with van der Waals surface area (Å²) >= 11 is 0. The van der Waals surface area contributed by atoms with E-state index in [9.17, 15) is 17.6 Å². The van der Waals surface area contributed by atoms with Crippen molar-refractivity contribution >= 4 is 22.5 Å². The molecular formula is C23H23F6N7O. The highest BCUT2D eigenvalue weighted by Gasteiger charge is 2.44. The number of likely N-dealkylation sites (tertiary alicyclic amines) is 1. The molecule has 1 atom stereocenters. The molecule has 1 unspecified atom stereocenters. The Morgan fingerprint density at radius 2 is 2.03 bits per heavy atom. The van der Waals surface area contributed by atoms with Crippen LogP contribution in [0.25, 0.3) is 27.7 Å². The van der Waals surface area contributed by atoms with Gasteiger partial charge in [0.05, 0.1) is 43.5 Å². The molecule has 14 heteroatoms. The fraction of sp³-hybridized carbons (Fsp3) is 0.435. The Hall–Kier alpha value is -3.55. The predicted octanol–water partition coefficient (Wildman–Crippen LogP) is 4.36. The second-order valence-corrected chi connectivity index (χ2v) is 8.74. The van der Waals surface area contributed by atoms with Crippen molar-refractivity contribution in [1.29, 1.82) is 0 Å². The number of benzene rings is 1. The van der Waals surface area contributed by atoms with Crippen LogP contribution in [-0.2, 0) is 6.54 Å². The molecule has 37 heavy (non-hydrogen) atoms. The third kappa shape index (κ3) is 4.43. The number of rotatable bonds is 6. The van der Waals surface area contributed by atoms with Gasteiger partial charge in [-0.1, -0.05) is 0 Å². The standard InChI is InChI=1S/C23H23F6N7O/c1-11-30-19-13(24)6-12(7-15(19)35(11)9-17(26)27)18-14(25)8-36-20(18)21(37-3)32-22(33-36)31-16-4-5-34(2)10-23(16,28)29/h6-8,16-17H,4-5,9-10H2,1-3H3,(H,31,33)/i2D3. The zero-order chi connectivity index (χ0) is 29.1. The summed E-state index contributed by atoms with van der Waals surface area (Å²) in [7, 11) is 1.20. The van der Waals surface area contributed by atoms with E-state index in [0.29, 0.717) is 4.90 Å². The smallest absolute Gasteiger partial charge is 0.280 e. The first-order valence-corrected chi connectivity index (χ1v) is 11.2. The fourth-order valence-corrected chi connectivity index (χ4v) is 4.58. The largest absolute Gasteiger partial charge is 0.479 e. The molecule has 1 aromatic carbocycles. The van der Waals surface area contributed by atoms with Crippen LogP contribution in [0.4, 0.5) is 32.3 Å². The number of aromatic nitrogens is 5. The van der Waals surface area contributed by atoms with Crippen LogP contribution in [0.15, 0.2) is 18.3 Å². The average Bonchev–Trinajstić information content (AvgIpc) is 3.34. The third-order valence-electron chi connectivity index (χ3n) is 6.26. The number of alkyl halides is 4. The number of piperidine rings is 1. The van der Waals surface area contributed by atoms with Crippen molar-refractivity contribution in [2.24, 2.45) is 0 Å². The number of fused-ring (bicyclic) bond motifs is 2. The van der Waals surface area contributed by atoms with Crippen LogP contribution in [0.5, 0.6) is 5.88 Å². The van der Waals surface area contributed by atoms with Crippen molar-refractivity contribution in [1.82, 2.24) is 29.0 Å². The minimum atomic E-state index is -3.46. The number of methoxy groups -OCH3 is 1. The van der Waals surface area contributed by atoms with Gasteiger partial charge in [-0.3, -0.25) is 0 Å². The van der Waals surface area contributed by atoms with Crippen LogP contribution < -0.4 is 10.1 Å². The molecule has 0 aliphatic carbocycles. The van der Waals surface area contributed by atoms with E-state index >= 15 is 8.78 Å². The molecule has 0 radical (unpaired) electrons. The SMILES string of the molecule is [2H]C([2H])([2H])N1CCC(Nc2nc(OC)c3c(-c4cc(F)c5nc(C)n(CC(F)F)c5c4)c(F)cn3n2)C(F)(F)C1. The van der Waals surface area contributed by atoms with Gasteiger partial charge >= 0.3 is 0 Å². The van der Waals surface area contributed by atoms with E-state index in [-0.39, 0.29) is 58.3 Å². The van der Waals surface area contributed by atoms with Crippen molar-refractivity contribution < 1.29 is 35.2 Å². The highest BCUT2D eigenvalue weighted by atomic mass is 19.3. The molecule has 4 heterocycles. The van der Waals surface area contributed by atoms with Crippen LogP contribution in [0, 0.1) is 18.6 Å². The Balaban J connectivity index is 1.55. The summed E-state index contributed by atoms with van der Waals surface area (Å²) in [6.07, 6.45) is -2.08. The first-order chi connectivity index (χ1) is 18.7. The van der Waals surface area contributed by atoms with E-state index < -0.39 is 50.1 Å². The second kappa shape index (κ2) is 9.08. The topological polar surface area (TPSA) is 72.5 Å². The molecule has 0 spiro atoms. The summed E-state index contributed by atoms with van der Waals surface area (Å²) < 4.78 is 116. The Kier molecular flexibility index (Phi) is 5.28. The lowest BCUT2D eigenvalue weighted by atomic mass is 10.0. The van der Waals surface area contributed by atoms with E-state index in [0.717, 1.165) is 21.3 Å². The molecule has 1 N–H and O–H groups in total. The van der Waals surface area contributed by atoms with Crippen LogP contribution in [0.1, 0.15) is 16.4 Å². The third-order valence-corrected chi connectivity index (χ3v) is 6.26. The lowest BCUT2D eigenvalue weighted by molar-refractivity contribution is -0.0675. The van der Waals surface area contributed by atoms with Crippen molar-refractivity contribution in [2.45, 2.75) is 38.3 Å². The summed E-state index contributed by atoms with van der Waals surface area (Å²) in [5, 5.41) is 6.56. The van der Waals surface area contributed by atoms with Gasteiger partial charge in [-0.2, -0.15) is 4.98 Å². The first-order valence-electron chi connectivity index (χ1n) is 12.7. The molecule has 1 fully saturated rings. The molecule has 1 saturated heterocycles. The summed E-state index contributed by atoms with van der Waals surface area (Å²) in [4.78, 5) is 8.80. The number of nitrogens with zero attached hydrogens (tertiary/aromatic N) is 6. The van der Waals surface area contributed by atoms with Crippen molar-refractivity contribution in [3.63, 3.8) is 0 Å². The van der Waals surface area contributed by atoms with E-state index in [2.05, 4.69) is 20.4 Å². The number of imidazole rings is 1. The summed E-state index contributed by atoms with van der Waals surface area (Å²) in [5.74, 6) is -5.66. The van der Waals surface area contributed by atoms with Crippen molar-refractivity contribution in [3.8, 4) is 17.0 Å². The molecule has 4 aromatic rings. The van der Waals surface area contributed by atoms with Crippen LogP contribution in [0.3, 0.4) is 0 Å². The number of anilines is 1. The summed E-state index contributed by atoms with van der Waals surface area (Å²) in [6.45, 7) is -3.14. The van der Waals surface area contributed by atoms with Crippen LogP contribution in [-0.4, -0.2) is 74.6 Å². The molecule has 1 aliphatic rings. The minimum absolute atomic E-state index is 0.0235. The van der Waals surface area contributed by atoms with Gasteiger partial charge in [0.15, 0.2) is 11.6 Å².